The second-order valence-electron chi connectivity index (χ2n) is 4.20. The molecule has 19 heavy (non-hydrogen) atoms. The number of carbonyl (C=O) groups is 2. The topological polar surface area (TPSA) is 58.6 Å². The summed E-state index contributed by atoms with van der Waals surface area (Å²) < 4.78 is 5.03. The lowest BCUT2D eigenvalue weighted by Gasteiger charge is -2.26. The highest BCUT2D eigenvalue weighted by molar-refractivity contribution is 6.30. The number of nitrogens with zero attached hydrogens (tertiary/aromatic N) is 1. The van der Waals surface area contributed by atoms with E-state index in [2.05, 4.69) is 5.32 Å². The van der Waals surface area contributed by atoms with Gasteiger partial charge in [0.05, 0.1) is 6.61 Å². The molecule has 1 aliphatic rings. The van der Waals surface area contributed by atoms with Crippen LogP contribution in [0.4, 0.5) is 0 Å². The first-order valence-corrected chi connectivity index (χ1v) is 6.44. The van der Waals surface area contributed by atoms with Gasteiger partial charge < -0.3 is 15.0 Å². The molecule has 102 valence electrons. The summed E-state index contributed by atoms with van der Waals surface area (Å²) in [7, 11) is 0. The molecule has 0 radical (unpaired) electrons. The highest BCUT2D eigenvalue weighted by Crippen LogP contribution is 2.09. The predicted octanol–water partition coefficient (Wildman–Crippen LogP) is 0.929. The maximum atomic E-state index is 11.8. The van der Waals surface area contributed by atoms with Crippen molar-refractivity contribution in [3.63, 3.8) is 0 Å². The molecular weight excluding hydrogens is 268 g/mol. The molecule has 0 aromatic heterocycles. The number of amides is 2. The molecule has 1 heterocycles. The van der Waals surface area contributed by atoms with E-state index < -0.39 is 0 Å². The molecule has 1 aromatic rings. The van der Waals surface area contributed by atoms with Crippen molar-refractivity contribution in [2.24, 2.45) is 0 Å². The summed E-state index contributed by atoms with van der Waals surface area (Å²) in [4.78, 5) is 24.9. The van der Waals surface area contributed by atoms with Crippen LogP contribution < -0.4 is 5.32 Å². The smallest absolute Gasteiger partial charge is 0.251 e. The maximum Gasteiger partial charge on any atom is 0.251 e. The zero-order chi connectivity index (χ0) is 13.7. The van der Waals surface area contributed by atoms with Gasteiger partial charge in [-0.15, -0.1) is 0 Å². The minimum absolute atomic E-state index is 0.0352. The van der Waals surface area contributed by atoms with E-state index in [1.807, 2.05) is 0 Å². The van der Waals surface area contributed by atoms with Crippen molar-refractivity contribution >= 4 is 23.4 Å². The van der Waals surface area contributed by atoms with Crippen molar-refractivity contribution in [1.29, 1.82) is 0 Å². The summed E-state index contributed by atoms with van der Waals surface area (Å²) in [5, 5.41) is 3.36. The Morgan fingerprint density at radius 2 is 2.11 bits per heavy atom. The van der Waals surface area contributed by atoms with Gasteiger partial charge in [-0.1, -0.05) is 11.6 Å². The van der Waals surface area contributed by atoms with Gasteiger partial charge in [-0.2, -0.15) is 0 Å². The second kappa shape index (κ2) is 6.54. The molecule has 2 rings (SSSR count). The van der Waals surface area contributed by atoms with Gasteiger partial charge in [0, 0.05) is 30.2 Å². The third-order valence-corrected chi connectivity index (χ3v) is 3.11. The normalized spacial score (nSPS) is 15.4. The maximum absolute atomic E-state index is 11.8. The molecule has 0 unspecified atom stereocenters. The molecule has 0 bridgehead atoms. The van der Waals surface area contributed by atoms with E-state index in [0.29, 0.717) is 36.8 Å². The standard InChI is InChI=1S/C13H15ClN2O3/c14-11-3-1-10(2-4-11)13(18)15-5-6-16-7-8-19-9-12(16)17/h1-4H,5-9H2,(H,15,18). The molecule has 1 aliphatic heterocycles. The Morgan fingerprint density at radius 3 is 2.79 bits per heavy atom. The SMILES string of the molecule is O=C(NCCN1CCOCC1=O)c1ccc(Cl)cc1. The molecule has 1 aromatic carbocycles. The summed E-state index contributed by atoms with van der Waals surface area (Å²) >= 11 is 5.75. The second-order valence-corrected chi connectivity index (χ2v) is 4.63. The number of hydrogen-bond acceptors (Lipinski definition) is 3. The Morgan fingerprint density at radius 1 is 1.37 bits per heavy atom. The van der Waals surface area contributed by atoms with Crippen LogP contribution in [-0.4, -0.2) is 49.6 Å². The van der Waals surface area contributed by atoms with Gasteiger partial charge in [0.1, 0.15) is 6.61 Å². The van der Waals surface area contributed by atoms with Crippen molar-refractivity contribution in [3.05, 3.63) is 34.9 Å². The number of nitrogens with one attached hydrogen (secondary N) is 1. The van der Waals surface area contributed by atoms with Crippen LogP contribution in [0.3, 0.4) is 0 Å². The molecule has 0 aliphatic carbocycles. The van der Waals surface area contributed by atoms with Crippen molar-refractivity contribution < 1.29 is 14.3 Å². The van der Waals surface area contributed by atoms with Crippen molar-refractivity contribution in [1.82, 2.24) is 10.2 Å². The molecule has 6 heteroatoms. The van der Waals surface area contributed by atoms with Crippen LogP contribution in [-0.2, 0) is 9.53 Å². The number of rotatable bonds is 4. The first-order valence-electron chi connectivity index (χ1n) is 6.06. The summed E-state index contributed by atoms with van der Waals surface area (Å²) in [6.45, 7) is 2.19. The average molecular weight is 283 g/mol. The van der Waals surface area contributed by atoms with Crippen LogP contribution in [0.25, 0.3) is 0 Å². The lowest BCUT2D eigenvalue weighted by molar-refractivity contribution is -0.142. The van der Waals surface area contributed by atoms with Gasteiger partial charge in [-0.05, 0) is 24.3 Å². The monoisotopic (exact) mass is 282 g/mol. The van der Waals surface area contributed by atoms with Crippen LogP contribution in [0.15, 0.2) is 24.3 Å². The fraction of sp³-hybridized carbons (Fsp3) is 0.385. The minimum Gasteiger partial charge on any atom is -0.370 e. The Hall–Kier alpha value is -1.59. The molecular formula is C13H15ClN2O3. The fourth-order valence-electron chi connectivity index (χ4n) is 1.79. The Kier molecular flexibility index (Phi) is 4.76. The zero-order valence-corrected chi connectivity index (χ0v) is 11.2. The van der Waals surface area contributed by atoms with Gasteiger partial charge in [-0.25, -0.2) is 0 Å². The lowest BCUT2D eigenvalue weighted by atomic mass is 10.2. The third-order valence-electron chi connectivity index (χ3n) is 2.86. The highest BCUT2D eigenvalue weighted by atomic mass is 35.5. The zero-order valence-electron chi connectivity index (χ0n) is 10.4. The number of hydrogen-bond donors (Lipinski definition) is 1. The first-order chi connectivity index (χ1) is 9.16. The Balaban J connectivity index is 1.77. The third kappa shape index (κ3) is 3.94. The van der Waals surface area contributed by atoms with Crippen LogP contribution >= 0.6 is 11.6 Å². The number of benzene rings is 1. The Labute approximate surface area is 116 Å². The molecule has 0 spiro atoms. The average Bonchev–Trinajstić information content (AvgIpc) is 2.41. The summed E-state index contributed by atoms with van der Waals surface area (Å²) in [5.41, 5.74) is 0.553. The van der Waals surface area contributed by atoms with E-state index >= 15 is 0 Å². The van der Waals surface area contributed by atoms with Gasteiger partial charge in [0.15, 0.2) is 0 Å². The number of ether oxygens (including phenoxy) is 1. The van der Waals surface area contributed by atoms with E-state index in [9.17, 15) is 9.59 Å². The van der Waals surface area contributed by atoms with Crippen LogP contribution in [0.5, 0.6) is 0 Å². The van der Waals surface area contributed by atoms with Crippen LogP contribution in [0.1, 0.15) is 10.4 Å². The van der Waals surface area contributed by atoms with E-state index in [4.69, 9.17) is 16.3 Å². The van der Waals surface area contributed by atoms with E-state index in [0.717, 1.165) is 0 Å². The molecule has 0 saturated carbocycles. The summed E-state index contributed by atoms with van der Waals surface area (Å²) in [5.74, 6) is -0.204. The minimum atomic E-state index is -0.169. The number of carbonyl (C=O) groups excluding carboxylic acids is 2. The van der Waals surface area contributed by atoms with E-state index in [-0.39, 0.29) is 18.4 Å². The summed E-state index contributed by atoms with van der Waals surface area (Å²) in [6, 6.07) is 6.67. The largest absolute Gasteiger partial charge is 0.370 e. The van der Waals surface area contributed by atoms with Gasteiger partial charge in [0.25, 0.3) is 5.91 Å². The van der Waals surface area contributed by atoms with E-state index in [1.165, 1.54) is 0 Å². The molecule has 0 atom stereocenters. The Bertz CT molecular complexity index is 461. The molecule has 2 amide bonds. The molecule has 1 saturated heterocycles. The van der Waals surface area contributed by atoms with Crippen molar-refractivity contribution in [2.45, 2.75) is 0 Å². The number of halogens is 1. The van der Waals surface area contributed by atoms with Crippen molar-refractivity contribution in [3.8, 4) is 0 Å². The highest BCUT2D eigenvalue weighted by Gasteiger charge is 2.17. The van der Waals surface area contributed by atoms with Crippen LogP contribution in [0, 0.1) is 0 Å². The van der Waals surface area contributed by atoms with Crippen LogP contribution in [0.2, 0.25) is 5.02 Å². The first kappa shape index (κ1) is 13.8. The van der Waals surface area contributed by atoms with Gasteiger partial charge in [-0.3, -0.25) is 9.59 Å². The predicted molar refractivity (Wildman–Crippen MR) is 71.2 cm³/mol. The van der Waals surface area contributed by atoms with E-state index in [1.54, 1.807) is 29.2 Å². The quantitative estimate of drug-likeness (QED) is 0.894. The fourth-order valence-corrected chi connectivity index (χ4v) is 1.92. The molecule has 1 N–H and O–H groups in total. The molecule has 5 nitrogen and oxygen atoms in total. The van der Waals surface area contributed by atoms with Gasteiger partial charge >= 0.3 is 0 Å². The van der Waals surface area contributed by atoms with Gasteiger partial charge in [0.2, 0.25) is 5.91 Å². The lowest BCUT2D eigenvalue weighted by Crippen LogP contribution is -2.45. The number of morpholine rings is 1. The van der Waals surface area contributed by atoms with Crippen molar-refractivity contribution in [2.75, 3.05) is 32.8 Å². The molecule has 1 fully saturated rings. The summed E-state index contributed by atoms with van der Waals surface area (Å²) in [6.07, 6.45) is 0.